The Balaban J connectivity index is 1.82. The number of hydrogen-bond acceptors (Lipinski definition) is 3. The predicted octanol–water partition coefficient (Wildman–Crippen LogP) is 2.60. The van der Waals surface area contributed by atoms with E-state index in [-0.39, 0.29) is 0 Å². The summed E-state index contributed by atoms with van der Waals surface area (Å²) in [7, 11) is 0. The van der Waals surface area contributed by atoms with Gasteiger partial charge in [0.1, 0.15) is 0 Å². The van der Waals surface area contributed by atoms with Crippen molar-refractivity contribution in [3.63, 3.8) is 0 Å². The molecule has 1 aliphatic rings. The smallest absolute Gasteiger partial charge is 0.0722 e. The summed E-state index contributed by atoms with van der Waals surface area (Å²) in [5.41, 5.74) is 2.37. The normalized spacial score (nSPS) is 17.0. The summed E-state index contributed by atoms with van der Waals surface area (Å²) in [6.45, 7) is 5.29. The molecule has 1 saturated heterocycles. The first-order valence-electron chi connectivity index (χ1n) is 6.75. The fraction of sp³-hybridized carbons (Fsp3) is 0.400. The molecule has 0 radical (unpaired) electrons. The largest absolute Gasteiger partial charge is 0.368 e. The van der Waals surface area contributed by atoms with Gasteiger partial charge in [-0.2, -0.15) is 0 Å². The number of alkyl halides is 1. The van der Waals surface area contributed by atoms with Gasteiger partial charge in [-0.05, 0) is 12.1 Å². The Labute approximate surface area is 118 Å². The summed E-state index contributed by atoms with van der Waals surface area (Å²) in [5, 5.41) is 1.25. The van der Waals surface area contributed by atoms with Gasteiger partial charge < -0.3 is 4.90 Å². The SMILES string of the molecule is ClCCN1CCN(c2ccnc3ccccc23)CC1. The van der Waals surface area contributed by atoms with Crippen LogP contribution in [0.3, 0.4) is 0 Å². The molecule has 3 rings (SSSR count). The molecule has 0 spiro atoms. The zero-order valence-corrected chi connectivity index (χ0v) is 11.7. The first-order valence-corrected chi connectivity index (χ1v) is 7.29. The molecule has 3 nitrogen and oxygen atoms in total. The van der Waals surface area contributed by atoms with Gasteiger partial charge in [0.2, 0.25) is 0 Å². The van der Waals surface area contributed by atoms with Crippen molar-refractivity contribution in [2.24, 2.45) is 0 Å². The van der Waals surface area contributed by atoms with Gasteiger partial charge in [-0.1, -0.05) is 18.2 Å². The Morgan fingerprint density at radius 1 is 1.05 bits per heavy atom. The van der Waals surface area contributed by atoms with E-state index in [2.05, 4.69) is 39.0 Å². The Hall–Kier alpha value is -1.32. The van der Waals surface area contributed by atoms with Gasteiger partial charge in [-0.25, -0.2) is 0 Å². The van der Waals surface area contributed by atoms with Crippen LogP contribution in [0.15, 0.2) is 36.5 Å². The van der Waals surface area contributed by atoms with Crippen LogP contribution in [0.2, 0.25) is 0 Å². The minimum Gasteiger partial charge on any atom is -0.368 e. The van der Waals surface area contributed by atoms with E-state index in [4.69, 9.17) is 11.6 Å². The highest BCUT2D eigenvalue weighted by Crippen LogP contribution is 2.25. The lowest BCUT2D eigenvalue weighted by Crippen LogP contribution is -2.47. The Kier molecular flexibility index (Phi) is 3.85. The second-order valence-electron chi connectivity index (χ2n) is 4.86. The summed E-state index contributed by atoms with van der Waals surface area (Å²) < 4.78 is 0. The molecule has 0 N–H and O–H groups in total. The first-order chi connectivity index (χ1) is 9.38. The standard InChI is InChI=1S/C15H18ClN3/c16-6-8-18-9-11-19(12-10-18)15-5-7-17-14-4-2-1-3-13(14)15/h1-5,7H,6,8-12H2. The molecule has 1 aliphatic heterocycles. The number of piperazine rings is 1. The molecule has 0 atom stereocenters. The van der Waals surface area contributed by atoms with Crippen molar-refractivity contribution < 1.29 is 0 Å². The summed E-state index contributed by atoms with van der Waals surface area (Å²) in [6.07, 6.45) is 1.91. The molecule has 0 bridgehead atoms. The van der Waals surface area contributed by atoms with Crippen molar-refractivity contribution in [1.82, 2.24) is 9.88 Å². The number of para-hydroxylation sites is 1. The zero-order chi connectivity index (χ0) is 13.1. The number of rotatable bonds is 3. The van der Waals surface area contributed by atoms with Crippen molar-refractivity contribution in [2.75, 3.05) is 43.5 Å². The number of hydrogen-bond donors (Lipinski definition) is 0. The molecule has 100 valence electrons. The van der Waals surface area contributed by atoms with Crippen molar-refractivity contribution in [2.45, 2.75) is 0 Å². The van der Waals surface area contributed by atoms with Crippen LogP contribution in [-0.2, 0) is 0 Å². The van der Waals surface area contributed by atoms with Gasteiger partial charge in [-0.15, -0.1) is 11.6 Å². The topological polar surface area (TPSA) is 19.4 Å². The molecule has 0 saturated carbocycles. The van der Waals surface area contributed by atoms with Crippen LogP contribution in [0.5, 0.6) is 0 Å². The van der Waals surface area contributed by atoms with Crippen LogP contribution >= 0.6 is 11.6 Å². The van der Waals surface area contributed by atoms with Crippen LogP contribution in [0.1, 0.15) is 0 Å². The Morgan fingerprint density at radius 3 is 2.63 bits per heavy atom. The molecule has 19 heavy (non-hydrogen) atoms. The monoisotopic (exact) mass is 275 g/mol. The number of anilines is 1. The minimum atomic E-state index is 0.720. The molecule has 1 fully saturated rings. The van der Waals surface area contributed by atoms with Crippen LogP contribution in [0.4, 0.5) is 5.69 Å². The fourth-order valence-corrected chi connectivity index (χ4v) is 2.93. The minimum absolute atomic E-state index is 0.720. The number of nitrogens with zero attached hydrogens (tertiary/aromatic N) is 3. The number of fused-ring (bicyclic) bond motifs is 1. The molecule has 4 heteroatoms. The van der Waals surface area contributed by atoms with Crippen molar-refractivity contribution >= 4 is 28.2 Å². The van der Waals surface area contributed by atoms with Gasteiger partial charge >= 0.3 is 0 Å². The second kappa shape index (κ2) is 5.76. The van der Waals surface area contributed by atoms with Gasteiger partial charge in [0.15, 0.2) is 0 Å². The van der Waals surface area contributed by atoms with E-state index in [1.165, 1.54) is 11.1 Å². The molecule has 0 amide bonds. The maximum atomic E-state index is 5.80. The van der Waals surface area contributed by atoms with Gasteiger partial charge in [0.25, 0.3) is 0 Å². The molecule has 1 aromatic carbocycles. The summed E-state index contributed by atoms with van der Waals surface area (Å²) in [5.74, 6) is 0.720. The van der Waals surface area contributed by atoms with Crippen LogP contribution in [0, 0.1) is 0 Å². The molecular weight excluding hydrogens is 258 g/mol. The fourth-order valence-electron chi connectivity index (χ4n) is 2.69. The zero-order valence-electron chi connectivity index (χ0n) is 10.9. The van der Waals surface area contributed by atoms with E-state index < -0.39 is 0 Å². The molecule has 1 aromatic heterocycles. The van der Waals surface area contributed by atoms with Crippen LogP contribution in [0.25, 0.3) is 10.9 Å². The molecule has 0 unspecified atom stereocenters. The summed E-state index contributed by atoms with van der Waals surface area (Å²) in [6, 6.07) is 10.5. The van der Waals surface area contributed by atoms with Gasteiger partial charge in [0.05, 0.1) is 5.52 Å². The lowest BCUT2D eigenvalue weighted by molar-refractivity contribution is 0.273. The highest BCUT2D eigenvalue weighted by Gasteiger charge is 2.18. The van der Waals surface area contributed by atoms with E-state index in [1.54, 1.807) is 0 Å². The van der Waals surface area contributed by atoms with E-state index in [0.29, 0.717) is 0 Å². The van der Waals surface area contributed by atoms with Crippen molar-refractivity contribution in [1.29, 1.82) is 0 Å². The highest BCUT2D eigenvalue weighted by atomic mass is 35.5. The maximum absolute atomic E-state index is 5.80. The van der Waals surface area contributed by atoms with Gasteiger partial charge in [-0.3, -0.25) is 9.88 Å². The average molecular weight is 276 g/mol. The third-order valence-corrected chi connectivity index (χ3v) is 3.91. The third-order valence-electron chi connectivity index (χ3n) is 3.74. The quantitative estimate of drug-likeness (QED) is 0.803. The lowest BCUT2D eigenvalue weighted by Gasteiger charge is -2.36. The van der Waals surface area contributed by atoms with Crippen LogP contribution < -0.4 is 4.90 Å². The summed E-state index contributed by atoms with van der Waals surface area (Å²) >= 11 is 5.80. The molecular formula is C15H18ClN3. The number of pyridine rings is 1. The second-order valence-corrected chi connectivity index (χ2v) is 5.24. The maximum Gasteiger partial charge on any atom is 0.0722 e. The molecule has 0 aliphatic carbocycles. The number of aromatic nitrogens is 1. The molecule has 2 heterocycles. The average Bonchev–Trinajstić information content (AvgIpc) is 2.48. The van der Waals surface area contributed by atoms with Gasteiger partial charge in [0, 0.05) is 55.9 Å². The van der Waals surface area contributed by atoms with Crippen molar-refractivity contribution in [3.8, 4) is 0 Å². The van der Waals surface area contributed by atoms with E-state index in [0.717, 1.165) is 44.1 Å². The highest BCUT2D eigenvalue weighted by molar-refractivity contribution is 6.18. The van der Waals surface area contributed by atoms with Crippen LogP contribution in [-0.4, -0.2) is 48.5 Å². The first kappa shape index (κ1) is 12.7. The van der Waals surface area contributed by atoms with E-state index in [9.17, 15) is 0 Å². The third kappa shape index (κ3) is 2.67. The Bertz CT molecular complexity index is 545. The number of benzene rings is 1. The number of halogens is 1. The van der Waals surface area contributed by atoms with E-state index in [1.807, 2.05) is 12.3 Å². The van der Waals surface area contributed by atoms with E-state index >= 15 is 0 Å². The molecule has 2 aromatic rings. The van der Waals surface area contributed by atoms with Crippen molar-refractivity contribution in [3.05, 3.63) is 36.5 Å². The predicted molar refractivity (Wildman–Crippen MR) is 81.1 cm³/mol. The summed E-state index contributed by atoms with van der Waals surface area (Å²) in [4.78, 5) is 9.30. The lowest BCUT2D eigenvalue weighted by atomic mass is 10.1. The Morgan fingerprint density at radius 2 is 1.84 bits per heavy atom.